The molecule has 0 aliphatic heterocycles. The van der Waals surface area contributed by atoms with Crippen LogP contribution < -0.4 is 10.5 Å². The number of carbonyl (C=O) groups is 1. The zero-order valence-corrected chi connectivity index (χ0v) is 13.1. The van der Waals surface area contributed by atoms with Crippen LogP contribution in [0, 0.1) is 14.9 Å². The molecule has 1 aromatic heterocycles. The summed E-state index contributed by atoms with van der Waals surface area (Å²) in [6.07, 6.45) is 1.49. The molecule has 106 valence electrons. The standard InChI is InChI=1S/C14H10IN3O3/c1-20-14(19)9-3-2-4-18-13(9)21-12-10(15)5-8(7-16)6-11(12)17/h2-6H,17H2,1H3. The number of pyridine rings is 1. The Bertz CT molecular complexity index is 717. The van der Waals surface area contributed by atoms with Gasteiger partial charge in [-0.3, -0.25) is 0 Å². The van der Waals surface area contributed by atoms with Gasteiger partial charge in [-0.15, -0.1) is 0 Å². The third-order valence-electron chi connectivity index (χ3n) is 2.58. The van der Waals surface area contributed by atoms with Crippen molar-refractivity contribution in [2.24, 2.45) is 0 Å². The number of benzene rings is 1. The van der Waals surface area contributed by atoms with Crippen LogP contribution in [0.5, 0.6) is 11.6 Å². The second kappa shape index (κ2) is 6.41. The number of ether oxygens (including phenoxy) is 2. The van der Waals surface area contributed by atoms with Gasteiger partial charge in [-0.2, -0.15) is 5.26 Å². The molecular weight excluding hydrogens is 385 g/mol. The molecule has 0 amide bonds. The van der Waals surface area contributed by atoms with Crippen molar-refractivity contribution in [3.05, 3.63) is 45.2 Å². The minimum atomic E-state index is -0.555. The minimum absolute atomic E-state index is 0.0960. The lowest BCUT2D eigenvalue weighted by Gasteiger charge is -2.12. The SMILES string of the molecule is COC(=O)c1cccnc1Oc1c(N)cc(C#N)cc1I. The molecule has 6 nitrogen and oxygen atoms in total. The van der Waals surface area contributed by atoms with Crippen LogP contribution >= 0.6 is 22.6 Å². The molecule has 0 radical (unpaired) electrons. The van der Waals surface area contributed by atoms with Gasteiger partial charge >= 0.3 is 5.97 Å². The smallest absolute Gasteiger partial charge is 0.343 e. The normalized spacial score (nSPS) is 9.76. The summed E-state index contributed by atoms with van der Waals surface area (Å²) in [5.41, 5.74) is 6.79. The highest BCUT2D eigenvalue weighted by atomic mass is 127. The van der Waals surface area contributed by atoms with Gasteiger partial charge in [0.05, 0.1) is 28.0 Å². The van der Waals surface area contributed by atoms with E-state index in [2.05, 4.69) is 9.72 Å². The van der Waals surface area contributed by atoms with Crippen molar-refractivity contribution in [1.29, 1.82) is 5.26 Å². The van der Waals surface area contributed by atoms with Gasteiger partial charge in [0.25, 0.3) is 0 Å². The fourth-order valence-corrected chi connectivity index (χ4v) is 2.38. The summed E-state index contributed by atoms with van der Waals surface area (Å²) in [6, 6.07) is 8.28. The van der Waals surface area contributed by atoms with Crippen LogP contribution in [0.15, 0.2) is 30.5 Å². The van der Waals surface area contributed by atoms with Crippen LogP contribution in [0.4, 0.5) is 5.69 Å². The molecular formula is C14H10IN3O3. The Kier molecular flexibility index (Phi) is 4.59. The second-order valence-electron chi connectivity index (χ2n) is 3.94. The Morgan fingerprint density at radius 2 is 2.24 bits per heavy atom. The molecule has 7 heteroatoms. The van der Waals surface area contributed by atoms with Crippen LogP contribution in [-0.4, -0.2) is 18.1 Å². The highest BCUT2D eigenvalue weighted by Gasteiger charge is 2.17. The summed E-state index contributed by atoms with van der Waals surface area (Å²) in [6.45, 7) is 0. The quantitative estimate of drug-likeness (QED) is 0.488. The largest absolute Gasteiger partial charge is 0.465 e. The van der Waals surface area contributed by atoms with Gasteiger partial charge in [0, 0.05) is 6.20 Å². The number of rotatable bonds is 3. The molecule has 0 atom stereocenters. The first-order valence-corrected chi connectivity index (χ1v) is 6.85. The van der Waals surface area contributed by atoms with Gasteiger partial charge in [-0.05, 0) is 46.9 Å². The number of hydrogen-bond donors (Lipinski definition) is 1. The molecule has 2 rings (SSSR count). The number of nitriles is 1. The Hall–Kier alpha value is -2.34. The van der Waals surface area contributed by atoms with Crippen LogP contribution in [0.25, 0.3) is 0 Å². The van der Waals surface area contributed by atoms with Crippen molar-refractivity contribution in [3.63, 3.8) is 0 Å². The number of anilines is 1. The zero-order valence-electron chi connectivity index (χ0n) is 11.0. The van der Waals surface area contributed by atoms with Crippen molar-refractivity contribution < 1.29 is 14.3 Å². The molecule has 0 fully saturated rings. The summed E-state index contributed by atoms with van der Waals surface area (Å²) in [4.78, 5) is 15.7. The van der Waals surface area contributed by atoms with E-state index in [0.717, 1.165) is 0 Å². The Labute approximate surface area is 134 Å². The number of esters is 1. The molecule has 0 aliphatic rings. The lowest BCUT2D eigenvalue weighted by molar-refractivity contribution is 0.0597. The van der Waals surface area contributed by atoms with E-state index in [0.29, 0.717) is 20.6 Å². The van der Waals surface area contributed by atoms with Crippen molar-refractivity contribution in [1.82, 2.24) is 4.98 Å². The number of hydrogen-bond acceptors (Lipinski definition) is 6. The zero-order chi connectivity index (χ0) is 15.4. The maximum Gasteiger partial charge on any atom is 0.343 e. The predicted octanol–water partition coefficient (Wildman–Crippen LogP) is 2.72. The van der Waals surface area contributed by atoms with E-state index in [9.17, 15) is 4.79 Å². The van der Waals surface area contributed by atoms with Gasteiger partial charge < -0.3 is 15.2 Å². The van der Waals surface area contributed by atoms with E-state index < -0.39 is 5.97 Å². The summed E-state index contributed by atoms with van der Waals surface area (Å²) in [5.74, 6) is -0.113. The maximum atomic E-state index is 11.7. The number of nitrogen functional groups attached to an aromatic ring is 1. The van der Waals surface area contributed by atoms with Crippen molar-refractivity contribution in [3.8, 4) is 17.7 Å². The van der Waals surface area contributed by atoms with Crippen LogP contribution in [0.3, 0.4) is 0 Å². The molecule has 0 bridgehead atoms. The third-order valence-corrected chi connectivity index (χ3v) is 3.38. The number of aromatic nitrogens is 1. The molecule has 21 heavy (non-hydrogen) atoms. The van der Waals surface area contributed by atoms with Gasteiger partial charge in [0.1, 0.15) is 5.56 Å². The minimum Gasteiger partial charge on any atom is -0.465 e. The van der Waals surface area contributed by atoms with Gasteiger partial charge in [0.15, 0.2) is 5.75 Å². The monoisotopic (exact) mass is 395 g/mol. The summed E-state index contributed by atoms with van der Waals surface area (Å²) < 4.78 is 11.0. The van der Waals surface area contributed by atoms with Crippen LogP contribution in [-0.2, 0) is 4.74 Å². The molecule has 0 saturated heterocycles. The van der Waals surface area contributed by atoms with Gasteiger partial charge in [0.2, 0.25) is 5.88 Å². The highest BCUT2D eigenvalue weighted by molar-refractivity contribution is 14.1. The molecule has 1 heterocycles. The average molecular weight is 395 g/mol. The average Bonchev–Trinajstić information content (AvgIpc) is 2.50. The van der Waals surface area contributed by atoms with E-state index in [1.165, 1.54) is 19.4 Å². The number of nitrogens with zero attached hydrogens (tertiary/aromatic N) is 2. The van der Waals surface area contributed by atoms with Gasteiger partial charge in [-0.25, -0.2) is 9.78 Å². The van der Waals surface area contributed by atoms with Crippen molar-refractivity contribution in [2.45, 2.75) is 0 Å². The molecule has 1 aromatic carbocycles. The fourth-order valence-electron chi connectivity index (χ4n) is 1.62. The number of nitrogens with two attached hydrogens (primary N) is 1. The number of carbonyl (C=O) groups excluding carboxylic acids is 1. The lowest BCUT2D eigenvalue weighted by Crippen LogP contribution is -2.06. The highest BCUT2D eigenvalue weighted by Crippen LogP contribution is 2.34. The van der Waals surface area contributed by atoms with Crippen molar-refractivity contribution in [2.75, 3.05) is 12.8 Å². The Morgan fingerprint density at radius 3 is 2.86 bits per heavy atom. The van der Waals surface area contributed by atoms with Crippen LogP contribution in [0.2, 0.25) is 0 Å². The van der Waals surface area contributed by atoms with E-state index in [1.807, 2.05) is 28.7 Å². The first kappa shape index (κ1) is 15.1. The topological polar surface area (TPSA) is 98.2 Å². The summed E-state index contributed by atoms with van der Waals surface area (Å²) in [5, 5.41) is 8.89. The third kappa shape index (κ3) is 3.22. The Morgan fingerprint density at radius 1 is 1.48 bits per heavy atom. The molecule has 2 N–H and O–H groups in total. The fraction of sp³-hybridized carbons (Fsp3) is 0.0714. The molecule has 0 aliphatic carbocycles. The predicted molar refractivity (Wildman–Crippen MR) is 83.9 cm³/mol. The first-order chi connectivity index (χ1) is 10.1. The van der Waals surface area contributed by atoms with E-state index in [1.54, 1.807) is 18.2 Å². The van der Waals surface area contributed by atoms with E-state index >= 15 is 0 Å². The summed E-state index contributed by atoms with van der Waals surface area (Å²) >= 11 is 2.00. The van der Waals surface area contributed by atoms with E-state index in [-0.39, 0.29) is 11.4 Å². The molecule has 0 unspecified atom stereocenters. The second-order valence-corrected chi connectivity index (χ2v) is 5.10. The van der Waals surface area contributed by atoms with Gasteiger partial charge in [-0.1, -0.05) is 0 Å². The first-order valence-electron chi connectivity index (χ1n) is 5.77. The lowest BCUT2D eigenvalue weighted by atomic mass is 10.2. The molecule has 0 spiro atoms. The number of methoxy groups -OCH3 is 1. The maximum absolute atomic E-state index is 11.7. The molecule has 0 saturated carbocycles. The molecule has 2 aromatic rings. The Balaban J connectivity index is 2.45. The van der Waals surface area contributed by atoms with Crippen molar-refractivity contribution >= 4 is 34.2 Å². The number of halogens is 1. The van der Waals surface area contributed by atoms with Crippen LogP contribution in [0.1, 0.15) is 15.9 Å². The van der Waals surface area contributed by atoms with E-state index in [4.69, 9.17) is 15.7 Å². The summed E-state index contributed by atoms with van der Waals surface area (Å²) in [7, 11) is 1.28.